The molecule has 0 fully saturated rings. The fourth-order valence-corrected chi connectivity index (χ4v) is 3.11. The van der Waals surface area contributed by atoms with Crippen molar-refractivity contribution in [2.75, 3.05) is 0 Å². The largest absolute Gasteiger partial charge is 0.489 e. The van der Waals surface area contributed by atoms with Gasteiger partial charge >= 0.3 is 0 Å². The Hall–Kier alpha value is -2.36. The molecule has 24 heavy (non-hydrogen) atoms. The Bertz CT molecular complexity index is 853. The molecule has 0 aliphatic carbocycles. The third-order valence-corrected chi connectivity index (χ3v) is 4.60. The normalized spacial score (nSPS) is 10.9. The van der Waals surface area contributed by atoms with Gasteiger partial charge in [-0.15, -0.1) is 11.3 Å². The summed E-state index contributed by atoms with van der Waals surface area (Å²) < 4.78 is 6.41. The third kappa shape index (κ3) is 4.57. The van der Waals surface area contributed by atoms with Gasteiger partial charge in [0.1, 0.15) is 12.4 Å². The van der Waals surface area contributed by atoms with Crippen molar-refractivity contribution < 1.29 is 9.53 Å². The monoisotopic (exact) mass is 354 g/mol. The Morgan fingerprint density at radius 3 is 2.62 bits per heavy atom. The van der Waals surface area contributed by atoms with E-state index in [1.54, 1.807) is 24.3 Å². The summed E-state index contributed by atoms with van der Waals surface area (Å²) in [6.45, 7) is 0.515. The first-order valence-electron chi connectivity index (χ1n) is 7.45. The van der Waals surface area contributed by atoms with Crippen LogP contribution in [0.25, 0.3) is 6.08 Å². The molecule has 0 unspecified atom stereocenters. The van der Waals surface area contributed by atoms with Crippen LogP contribution in [0.15, 0.2) is 72.8 Å². The van der Waals surface area contributed by atoms with Crippen molar-refractivity contribution in [1.82, 2.24) is 0 Å². The summed E-state index contributed by atoms with van der Waals surface area (Å²) in [5, 5.41) is 0. The summed E-state index contributed by atoms with van der Waals surface area (Å²) in [4.78, 5) is 12.7. The van der Waals surface area contributed by atoms with Gasteiger partial charge in [0, 0.05) is 0 Å². The van der Waals surface area contributed by atoms with Crippen LogP contribution in [0.4, 0.5) is 0 Å². The quantitative estimate of drug-likeness (QED) is 0.408. The van der Waals surface area contributed by atoms with Crippen LogP contribution in [-0.2, 0) is 6.61 Å². The fourth-order valence-electron chi connectivity index (χ4n) is 2.15. The molecule has 0 saturated heterocycles. The molecular weight excluding hydrogens is 340 g/mol. The second-order valence-electron chi connectivity index (χ2n) is 5.15. The molecule has 0 aliphatic rings. The van der Waals surface area contributed by atoms with Gasteiger partial charge in [-0.1, -0.05) is 60.1 Å². The minimum atomic E-state index is -0.0532. The highest BCUT2D eigenvalue weighted by molar-refractivity contribution is 7.18. The van der Waals surface area contributed by atoms with E-state index in [0.29, 0.717) is 15.8 Å². The Morgan fingerprint density at radius 2 is 1.88 bits per heavy atom. The number of thiophene rings is 1. The minimum Gasteiger partial charge on any atom is -0.489 e. The highest BCUT2D eigenvalue weighted by Crippen LogP contribution is 2.22. The van der Waals surface area contributed by atoms with Crippen LogP contribution in [0, 0.1) is 0 Å². The van der Waals surface area contributed by atoms with Gasteiger partial charge < -0.3 is 4.74 Å². The van der Waals surface area contributed by atoms with Crippen molar-refractivity contribution in [3.05, 3.63) is 93.1 Å². The maximum absolute atomic E-state index is 12.1. The minimum absolute atomic E-state index is 0.0532. The number of carbonyl (C=O) groups is 1. The van der Waals surface area contributed by atoms with Crippen molar-refractivity contribution in [3.63, 3.8) is 0 Å². The number of rotatable bonds is 6. The highest BCUT2D eigenvalue weighted by Gasteiger charge is 2.05. The van der Waals surface area contributed by atoms with E-state index in [1.165, 1.54) is 11.3 Å². The number of ketones is 1. The molecule has 3 rings (SSSR count). The van der Waals surface area contributed by atoms with Crippen molar-refractivity contribution in [2.24, 2.45) is 0 Å². The fraction of sp³-hybridized carbons (Fsp3) is 0.0500. The second-order valence-corrected chi connectivity index (χ2v) is 6.86. The zero-order valence-corrected chi connectivity index (χ0v) is 14.4. The summed E-state index contributed by atoms with van der Waals surface area (Å²) in [7, 11) is 0. The highest BCUT2D eigenvalue weighted by atomic mass is 35.5. The molecule has 0 spiro atoms. The van der Waals surface area contributed by atoms with Crippen molar-refractivity contribution in [1.29, 1.82) is 0 Å². The molecule has 0 amide bonds. The lowest BCUT2D eigenvalue weighted by atomic mass is 10.1. The van der Waals surface area contributed by atoms with Crippen LogP contribution < -0.4 is 4.74 Å². The molecule has 0 N–H and O–H groups in total. The van der Waals surface area contributed by atoms with Crippen molar-refractivity contribution in [2.45, 2.75) is 6.61 Å². The first kappa shape index (κ1) is 16.5. The van der Waals surface area contributed by atoms with Crippen molar-refractivity contribution >= 4 is 34.8 Å². The summed E-state index contributed by atoms with van der Waals surface area (Å²) in [6, 6.07) is 21.1. The van der Waals surface area contributed by atoms with Crippen LogP contribution in [0.5, 0.6) is 5.75 Å². The predicted molar refractivity (Wildman–Crippen MR) is 99.9 cm³/mol. The summed E-state index contributed by atoms with van der Waals surface area (Å²) in [5.41, 5.74) is 2.03. The zero-order chi connectivity index (χ0) is 16.8. The SMILES string of the molecule is O=C(C=Cc1cccc(OCc2ccccc2)c1)c1ccc(Cl)s1. The third-order valence-electron chi connectivity index (χ3n) is 3.35. The van der Waals surface area contributed by atoms with E-state index in [9.17, 15) is 4.79 Å². The van der Waals surface area contributed by atoms with Gasteiger partial charge in [0.05, 0.1) is 9.21 Å². The van der Waals surface area contributed by atoms with Gasteiger partial charge in [0.2, 0.25) is 0 Å². The molecule has 4 heteroatoms. The molecule has 1 heterocycles. The zero-order valence-electron chi connectivity index (χ0n) is 12.8. The number of hydrogen-bond acceptors (Lipinski definition) is 3. The van der Waals surface area contributed by atoms with E-state index in [2.05, 4.69) is 0 Å². The number of allylic oxidation sites excluding steroid dienone is 1. The van der Waals surface area contributed by atoms with Crippen LogP contribution in [0.3, 0.4) is 0 Å². The molecule has 120 valence electrons. The number of hydrogen-bond donors (Lipinski definition) is 0. The maximum Gasteiger partial charge on any atom is 0.195 e. The number of halogens is 1. The van der Waals surface area contributed by atoms with E-state index < -0.39 is 0 Å². The molecule has 0 aliphatic heterocycles. The molecule has 2 nitrogen and oxygen atoms in total. The molecule has 0 saturated carbocycles. The van der Waals surface area contributed by atoms with E-state index in [1.807, 2.05) is 54.6 Å². The van der Waals surface area contributed by atoms with Crippen molar-refractivity contribution in [3.8, 4) is 5.75 Å². The van der Waals surface area contributed by atoms with Gasteiger partial charge in [0.25, 0.3) is 0 Å². The molecule has 2 aromatic carbocycles. The summed E-state index contributed by atoms with van der Waals surface area (Å²) >= 11 is 7.13. The average Bonchev–Trinajstić information content (AvgIpc) is 3.06. The van der Waals surface area contributed by atoms with Crippen LogP contribution in [0.1, 0.15) is 20.8 Å². The molecular formula is C20H15ClO2S. The smallest absolute Gasteiger partial charge is 0.195 e. The summed E-state index contributed by atoms with van der Waals surface area (Å²) in [5.74, 6) is 0.718. The Labute approximate surface area is 150 Å². The van der Waals surface area contributed by atoms with Crippen LogP contribution in [-0.4, -0.2) is 5.78 Å². The van der Waals surface area contributed by atoms with E-state index >= 15 is 0 Å². The Kier molecular flexibility index (Phi) is 5.47. The van der Waals surface area contributed by atoms with Gasteiger partial charge in [-0.05, 0) is 41.5 Å². The number of ether oxygens (including phenoxy) is 1. The standard InChI is InChI=1S/C20H15ClO2S/c21-20-12-11-19(24-20)18(22)10-9-15-7-4-8-17(13-15)23-14-16-5-2-1-3-6-16/h1-13H,14H2. The molecule has 0 atom stereocenters. The molecule has 0 radical (unpaired) electrons. The summed E-state index contributed by atoms with van der Waals surface area (Å²) in [6.07, 6.45) is 3.34. The second kappa shape index (κ2) is 7.95. The first-order valence-corrected chi connectivity index (χ1v) is 8.65. The number of benzene rings is 2. The first-order chi connectivity index (χ1) is 11.7. The van der Waals surface area contributed by atoms with Gasteiger partial charge in [-0.3, -0.25) is 4.79 Å². The topological polar surface area (TPSA) is 26.3 Å². The van der Waals surface area contributed by atoms with E-state index in [4.69, 9.17) is 16.3 Å². The van der Waals surface area contributed by atoms with Crippen LogP contribution >= 0.6 is 22.9 Å². The Balaban J connectivity index is 1.64. The molecule has 0 bridgehead atoms. The lowest BCUT2D eigenvalue weighted by molar-refractivity contribution is 0.105. The maximum atomic E-state index is 12.1. The molecule has 3 aromatic rings. The van der Waals surface area contributed by atoms with Gasteiger partial charge in [0.15, 0.2) is 5.78 Å². The predicted octanol–water partition coefficient (Wildman–Crippen LogP) is 5.88. The van der Waals surface area contributed by atoms with Crippen LogP contribution in [0.2, 0.25) is 4.34 Å². The van der Waals surface area contributed by atoms with Gasteiger partial charge in [-0.25, -0.2) is 0 Å². The van der Waals surface area contributed by atoms with E-state index in [-0.39, 0.29) is 5.78 Å². The lowest BCUT2D eigenvalue weighted by Gasteiger charge is -2.06. The average molecular weight is 355 g/mol. The number of carbonyl (C=O) groups excluding carboxylic acids is 1. The Morgan fingerprint density at radius 1 is 1.04 bits per heavy atom. The van der Waals surface area contributed by atoms with Gasteiger partial charge in [-0.2, -0.15) is 0 Å². The van der Waals surface area contributed by atoms with E-state index in [0.717, 1.165) is 16.9 Å². The molecule has 1 aromatic heterocycles. The lowest BCUT2D eigenvalue weighted by Crippen LogP contribution is -1.95.